The Balaban J connectivity index is 1.76. The summed E-state index contributed by atoms with van der Waals surface area (Å²) in [6, 6.07) is 0. The van der Waals surface area contributed by atoms with Crippen LogP contribution in [0.4, 0.5) is 0 Å². The lowest BCUT2D eigenvalue weighted by Gasteiger charge is -2.26. The van der Waals surface area contributed by atoms with E-state index in [4.69, 9.17) is 10.5 Å². The van der Waals surface area contributed by atoms with Crippen LogP contribution >= 0.6 is 0 Å². The van der Waals surface area contributed by atoms with E-state index in [0.717, 1.165) is 44.5 Å². The molecule has 2 heterocycles. The van der Waals surface area contributed by atoms with Crippen LogP contribution in [0.5, 0.6) is 0 Å². The Kier molecular flexibility index (Phi) is 5.10. The van der Waals surface area contributed by atoms with Crippen LogP contribution in [-0.4, -0.2) is 53.2 Å². The fourth-order valence-electron chi connectivity index (χ4n) is 2.36. The van der Waals surface area contributed by atoms with E-state index in [1.807, 2.05) is 6.20 Å². The topological polar surface area (TPSA) is 69.2 Å². The molecular weight excluding hydrogens is 230 g/mol. The van der Waals surface area contributed by atoms with Gasteiger partial charge >= 0.3 is 0 Å². The van der Waals surface area contributed by atoms with Gasteiger partial charge in [0.1, 0.15) is 0 Å². The van der Waals surface area contributed by atoms with E-state index < -0.39 is 0 Å². The molecule has 0 atom stereocenters. The highest BCUT2D eigenvalue weighted by Crippen LogP contribution is 2.16. The van der Waals surface area contributed by atoms with Crippen molar-refractivity contribution in [3.8, 4) is 0 Å². The van der Waals surface area contributed by atoms with Crippen LogP contribution in [0.1, 0.15) is 18.5 Å². The first-order valence-corrected chi connectivity index (χ1v) is 6.63. The number of aromatic nitrogens is 3. The van der Waals surface area contributed by atoms with Gasteiger partial charge < -0.3 is 15.4 Å². The van der Waals surface area contributed by atoms with Crippen LogP contribution in [0.25, 0.3) is 0 Å². The van der Waals surface area contributed by atoms with Crippen LogP contribution in [-0.2, 0) is 17.8 Å². The zero-order valence-corrected chi connectivity index (χ0v) is 11.1. The summed E-state index contributed by atoms with van der Waals surface area (Å²) in [4.78, 5) is 2.31. The van der Waals surface area contributed by atoms with Crippen LogP contribution in [0.2, 0.25) is 0 Å². The summed E-state index contributed by atoms with van der Waals surface area (Å²) < 4.78 is 7.18. The van der Waals surface area contributed by atoms with Gasteiger partial charge in [-0.1, -0.05) is 5.21 Å². The Bertz CT molecular complexity index is 348. The number of nitrogens with zero attached hydrogens (tertiary/aromatic N) is 4. The highest BCUT2D eigenvalue weighted by molar-refractivity contribution is 4.92. The Morgan fingerprint density at radius 2 is 2.28 bits per heavy atom. The van der Waals surface area contributed by atoms with Gasteiger partial charge in [0, 0.05) is 39.0 Å². The average molecular weight is 253 g/mol. The van der Waals surface area contributed by atoms with Gasteiger partial charge in [0.25, 0.3) is 0 Å². The average Bonchev–Trinajstić information content (AvgIpc) is 2.78. The van der Waals surface area contributed by atoms with Crippen molar-refractivity contribution in [3.05, 3.63) is 11.9 Å². The Hall–Kier alpha value is -0.980. The first-order chi connectivity index (χ1) is 8.78. The molecule has 0 amide bonds. The van der Waals surface area contributed by atoms with Gasteiger partial charge in [-0.2, -0.15) is 0 Å². The number of hydrogen-bond donors (Lipinski definition) is 1. The summed E-state index contributed by atoms with van der Waals surface area (Å²) in [5.74, 6) is 0.753. The monoisotopic (exact) mass is 253 g/mol. The first kappa shape index (κ1) is 13.5. The van der Waals surface area contributed by atoms with E-state index in [2.05, 4.69) is 22.3 Å². The minimum atomic E-state index is 0.598. The van der Waals surface area contributed by atoms with Crippen molar-refractivity contribution in [1.82, 2.24) is 19.9 Å². The van der Waals surface area contributed by atoms with Gasteiger partial charge in [0.2, 0.25) is 0 Å². The molecule has 0 radical (unpaired) electrons. The summed E-state index contributed by atoms with van der Waals surface area (Å²) >= 11 is 0. The van der Waals surface area contributed by atoms with Crippen molar-refractivity contribution in [2.75, 3.05) is 33.4 Å². The number of hydrogen-bond acceptors (Lipinski definition) is 5. The van der Waals surface area contributed by atoms with Crippen LogP contribution in [0.15, 0.2) is 6.20 Å². The van der Waals surface area contributed by atoms with Crippen molar-refractivity contribution >= 4 is 0 Å². The van der Waals surface area contributed by atoms with Gasteiger partial charge in [-0.3, -0.25) is 4.68 Å². The molecule has 6 nitrogen and oxygen atoms in total. The quantitative estimate of drug-likeness (QED) is 0.778. The van der Waals surface area contributed by atoms with Crippen molar-refractivity contribution in [3.63, 3.8) is 0 Å². The number of nitrogens with two attached hydrogens (primary N) is 1. The largest absolute Gasteiger partial charge is 0.381 e. The summed E-state index contributed by atoms with van der Waals surface area (Å²) in [5, 5.41) is 8.20. The van der Waals surface area contributed by atoms with E-state index in [-0.39, 0.29) is 0 Å². The summed E-state index contributed by atoms with van der Waals surface area (Å²) in [6.07, 6.45) is 4.32. The van der Waals surface area contributed by atoms with Crippen molar-refractivity contribution in [1.29, 1.82) is 0 Å². The molecule has 1 saturated heterocycles. The second-order valence-corrected chi connectivity index (χ2v) is 5.01. The van der Waals surface area contributed by atoms with E-state index >= 15 is 0 Å². The third-order valence-electron chi connectivity index (χ3n) is 3.29. The lowest BCUT2D eigenvalue weighted by molar-refractivity contribution is 0.0548. The van der Waals surface area contributed by atoms with Gasteiger partial charge in [-0.15, -0.1) is 5.10 Å². The molecule has 102 valence electrons. The predicted octanol–water partition coefficient (Wildman–Crippen LogP) is 0.0952. The number of rotatable bonds is 6. The molecule has 1 aromatic rings. The molecule has 18 heavy (non-hydrogen) atoms. The summed E-state index contributed by atoms with van der Waals surface area (Å²) in [6.45, 7) is 5.10. The highest BCUT2D eigenvalue weighted by atomic mass is 16.5. The maximum Gasteiger partial charge on any atom is 0.0967 e. The van der Waals surface area contributed by atoms with Crippen molar-refractivity contribution in [2.45, 2.75) is 25.9 Å². The minimum Gasteiger partial charge on any atom is -0.381 e. The van der Waals surface area contributed by atoms with Gasteiger partial charge in [0.05, 0.1) is 12.2 Å². The molecule has 0 unspecified atom stereocenters. The van der Waals surface area contributed by atoms with Crippen LogP contribution in [0.3, 0.4) is 0 Å². The minimum absolute atomic E-state index is 0.598. The highest BCUT2D eigenvalue weighted by Gasteiger charge is 2.16. The third-order valence-corrected chi connectivity index (χ3v) is 3.29. The van der Waals surface area contributed by atoms with Crippen molar-refractivity contribution < 1.29 is 4.74 Å². The lowest BCUT2D eigenvalue weighted by atomic mass is 10.00. The zero-order valence-electron chi connectivity index (χ0n) is 11.1. The lowest BCUT2D eigenvalue weighted by Crippen LogP contribution is -2.29. The molecule has 1 aliphatic rings. The SMILES string of the molecule is CN(Cc1cn(CCN)nn1)CC1CCOCC1. The molecule has 1 aromatic heterocycles. The van der Waals surface area contributed by atoms with Crippen LogP contribution < -0.4 is 5.73 Å². The third kappa shape index (κ3) is 4.04. The molecule has 6 heteroatoms. The van der Waals surface area contributed by atoms with E-state index in [0.29, 0.717) is 6.54 Å². The van der Waals surface area contributed by atoms with E-state index in [9.17, 15) is 0 Å². The Morgan fingerprint density at radius 3 is 3.00 bits per heavy atom. The predicted molar refractivity (Wildman–Crippen MR) is 69.0 cm³/mol. The van der Waals surface area contributed by atoms with E-state index in [1.54, 1.807) is 4.68 Å². The Morgan fingerprint density at radius 1 is 1.50 bits per heavy atom. The smallest absolute Gasteiger partial charge is 0.0967 e. The molecule has 0 saturated carbocycles. The van der Waals surface area contributed by atoms with Gasteiger partial charge in [-0.25, -0.2) is 0 Å². The standard InChI is InChI=1S/C12H23N5O/c1-16(8-11-2-6-18-7-3-11)9-12-10-17(5-4-13)15-14-12/h10-11H,2-9,13H2,1H3. The summed E-state index contributed by atoms with van der Waals surface area (Å²) in [5.41, 5.74) is 6.50. The van der Waals surface area contributed by atoms with Crippen LogP contribution in [0, 0.1) is 5.92 Å². The molecule has 2 rings (SSSR count). The fraction of sp³-hybridized carbons (Fsp3) is 0.833. The van der Waals surface area contributed by atoms with Crippen molar-refractivity contribution in [2.24, 2.45) is 11.7 Å². The maximum atomic E-state index is 5.48. The zero-order chi connectivity index (χ0) is 12.8. The molecular formula is C12H23N5O. The Labute approximate surface area is 108 Å². The molecule has 0 spiro atoms. The molecule has 1 fully saturated rings. The second-order valence-electron chi connectivity index (χ2n) is 5.01. The maximum absolute atomic E-state index is 5.48. The fourth-order valence-corrected chi connectivity index (χ4v) is 2.36. The molecule has 0 aromatic carbocycles. The summed E-state index contributed by atoms with van der Waals surface area (Å²) in [7, 11) is 2.14. The molecule has 1 aliphatic heterocycles. The normalized spacial score (nSPS) is 17.5. The van der Waals surface area contributed by atoms with E-state index in [1.165, 1.54) is 12.8 Å². The molecule has 0 bridgehead atoms. The number of ether oxygens (including phenoxy) is 1. The first-order valence-electron chi connectivity index (χ1n) is 6.63. The van der Waals surface area contributed by atoms with Gasteiger partial charge in [-0.05, 0) is 25.8 Å². The van der Waals surface area contributed by atoms with Gasteiger partial charge in [0.15, 0.2) is 0 Å². The molecule has 2 N–H and O–H groups in total. The second kappa shape index (κ2) is 6.82. The molecule has 0 aliphatic carbocycles.